The highest BCUT2D eigenvalue weighted by atomic mass is 16.6. The Labute approximate surface area is 223 Å². The van der Waals surface area contributed by atoms with E-state index >= 15 is 0 Å². The van der Waals surface area contributed by atoms with Crippen LogP contribution < -0.4 is 15.0 Å². The van der Waals surface area contributed by atoms with E-state index in [-0.39, 0.29) is 24.4 Å². The average Bonchev–Trinajstić information content (AvgIpc) is 2.95. The highest BCUT2D eigenvalue weighted by Gasteiger charge is 2.38. The fourth-order valence-electron chi connectivity index (χ4n) is 4.40. The number of benzene rings is 1. The number of hydrogen-bond donors (Lipinski definition) is 2. The standard InChI is InChI=1S/C27H37N5O6/c1-7-31-15-27(5,6)38-22-20(23(31)33)21(29-24(30-22)32-12-13-36-14-17(32)2)18-8-10-19(11-9-18)28-25(34)37-16-26(3,4)35/h8-11,17,35H,7,12-16H2,1-6H3,(H,28,34). The van der Waals surface area contributed by atoms with Gasteiger partial charge in [-0.15, -0.1) is 0 Å². The molecule has 2 aliphatic rings. The predicted molar refractivity (Wildman–Crippen MR) is 143 cm³/mol. The first kappa shape index (κ1) is 27.6. The smallest absolute Gasteiger partial charge is 0.411 e. The van der Waals surface area contributed by atoms with Gasteiger partial charge in [0, 0.05) is 24.3 Å². The molecular formula is C27H37N5O6. The zero-order valence-corrected chi connectivity index (χ0v) is 22.9. The summed E-state index contributed by atoms with van der Waals surface area (Å²) in [4.78, 5) is 39.2. The molecule has 2 N–H and O–H groups in total. The SMILES string of the molecule is CCN1CC(C)(C)Oc2nc(N3CCOCC3C)nc(-c3ccc(NC(=O)OCC(C)(C)O)cc3)c2C1=O. The molecule has 2 amide bonds. The lowest BCUT2D eigenvalue weighted by Crippen LogP contribution is -2.44. The van der Waals surface area contributed by atoms with Crippen LogP contribution in [0.1, 0.15) is 51.9 Å². The number of anilines is 2. The second kappa shape index (κ2) is 10.7. The maximum atomic E-state index is 13.7. The Morgan fingerprint density at radius 1 is 1.26 bits per heavy atom. The summed E-state index contributed by atoms with van der Waals surface area (Å²) < 4.78 is 17.0. The van der Waals surface area contributed by atoms with Crippen LogP contribution in [0.5, 0.6) is 5.88 Å². The summed E-state index contributed by atoms with van der Waals surface area (Å²) in [6.07, 6.45) is -0.677. The number of aromatic nitrogens is 2. The Morgan fingerprint density at radius 2 is 1.97 bits per heavy atom. The van der Waals surface area contributed by atoms with Crippen LogP contribution in [0.2, 0.25) is 0 Å². The van der Waals surface area contributed by atoms with Crippen LogP contribution in [-0.2, 0) is 9.47 Å². The molecule has 11 heteroatoms. The number of likely N-dealkylation sites (N-methyl/N-ethyl adjacent to an activating group) is 1. The summed E-state index contributed by atoms with van der Waals surface area (Å²) in [5.74, 6) is 0.537. The van der Waals surface area contributed by atoms with Crippen molar-refractivity contribution in [3.05, 3.63) is 29.8 Å². The van der Waals surface area contributed by atoms with Crippen molar-refractivity contribution in [3.8, 4) is 17.1 Å². The number of hydrogen-bond acceptors (Lipinski definition) is 9. The van der Waals surface area contributed by atoms with Crippen molar-refractivity contribution >= 4 is 23.6 Å². The van der Waals surface area contributed by atoms with Gasteiger partial charge in [-0.3, -0.25) is 10.1 Å². The van der Waals surface area contributed by atoms with Crippen LogP contribution >= 0.6 is 0 Å². The zero-order valence-electron chi connectivity index (χ0n) is 22.9. The summed E-state index contributed by atoms with van der Waals surface area (Å²) in [7, 11) is 0. The van der Waals surface area contributed by atoms with E-state index in [0.29, 0.717) is 61.3 Å². The molecule has 1 aromatic carbocycles. The maximum absolute atomic E-state index is 13.7. The summed E-state index contributed by atoms with van der Waals surface area (Å²) in [5.41, 5.74) is 0.170. The molecule has 4 rings (SSSR count). The Bertz CT molecular complexity index is 1180. The number of carbonyl (C=O) groups is 2. The third kappa shape index (κ3) is 6.33. The Hall–Kier alpha value is -3.44. The number of nitrogens with one attached hydrogen (secondary N) is 1. The van der Waals surface area contributed by atoms with Crippen molar-refractivity contribution in [1.82, 2.24) is 14.9 Å². The molecule has 2 aliphatic heterocycles. The summed E-state index contributed by atoms with van der Waals surface area (Å²) in [6, 6.07) is 7.02. The van der Waals surface area contributed by atoms with Gasteiger partial charge in [0.15, 0.2) is 0 Å². The number of carbonyl (C=O) groups excluding carboxylic acids is 2. The first-order valence-electron chi connectivity index (χ1n) is 12.9. The van der Waals surface area contributed by atoms with Crippen LogP contribution in [0.3, 0.4) is 0 Å². The van der Waals surface area contributed by atoms with Gasteiger partial charge in [0.2, 0.25) is 11.8 Å². The van der Waals surface area contributed by atoms with Crippen LogP contribution in [0.25, 0.3) is 11.3 Å². The van der Waals surface area contributed by atoms with Gasteiger partial charge in [0.1, 0.15) is 17.8 Å². The molecule has 1 atom stereocenters. The Kier molecular flexibility index (Phi) is 7.80. The fraction of sp³-hybridized carbons (Fsp3) is 0.556. The first-order valence-corrected chi connectivity index (χ1v) is 12.9. The van der Waals surface area contributed by atoms with Crippen LogP contribution in [0, 0.1) is 0 Å². The molecule has 0 spiro atoms. The predicted octanol–water partition coefficient (Wildman–Crippen LogP) is 3.32. The van der Waals surface area contributed by atoms with Crippen molar-refractivity contribution in [2.45, 2.75) is 58.8 Å². The Morgan fingerprint density at radius 3 is 2.61 bits per heavy atom. The first-order chi connectivity index (χ1) is 17.9. The van der Waals surface area contributed by atoms with E-state index in [4.69, 9.17) is 24.2 Å². The third-order valence-electron chi connectivity index (χ3n) is 6.28. The molecule has 1 unspecified atom stereocenters. The molecule has 1 aromatic heterocycles. The van der Waals surface area contributed by atoms with Gasteiger partial charge in [-0.1, -0.05) is 12.1 Å². The number of morpholine rings is 1. The molecule has 11 nitrogen and oxygen atoms in total. The van der Waals surface area contributed by atoms with E-state index < -0.39 is 17.3 Å². The van der Waals surface area contributed by atoms with Crippen molar-refractivity contribution in [3.63, 3.8) is 0 Å². The zero-order chi connectivity index (χ0) is 27.7. The van der Waals surface area contributed by atoms with E-state index in [9.17, 15) is 14.7 Å². The van der Waals surface area contributed by atoms with E-state index in [0.717, 1.165) is 0 Å². The minimum Gasteiger partial charge on any atom is -0.469 e. The minimum absolute atomic E-state index is 0.0535. The summed E-state index contributed by atoms with van der Waals surface area (Å²) in [6.45, 7) is 13.5. The number of rotatable bonds is 6. The number of aliphatic hydroxyl groups is 1. The van der Waals surface area contributed by atoms with Crippen LogP contribution in [0.15, 0.2) is 24.3 Å². The van der Waals surface area contributed by atoms with Crippen molar-refractivity contribution in [1.29, 1.82) is 0 Å². The van der Waals surface area contributed by atoms with Crippen molar-refractivity contribution < 1.29 is 28.9 Å². The van der Waals surface area contributed by atoms with Gasteiger partial charge >= 0.3 is 6.09 Å². The lowest BCUT2D eigenvalue weighted by Gasteiger charge is -2.34. The largest absolute Gasteiger partial charge is 0.469 e. The molecule has 1 saturated heterocycles. The lowest BCUT2D eigenvalue weighted by atomic mass is 10.0. The molecular weight excluding hydrogens is 490 g/mol. The minimum atomic E-state index is -1.13. The molecule has 2 aromatic rings. The number of ether oxygens (including phenoxy) is 3. The molecule has 0 saturated carbocycles. The molecule has 0 bridgehead atoms. The summed E-state index contributed by atoms with van der Waals surface area (Å²) in [5, 5.41) is 12.4. The molecule has 3 heterocycles. The van der Waals surface area contributed by atoms with Gasteiger partial charge in [-0.25, -0.2) is 9.78 Å². The Balaban J connectivity index is 1.73. The third-order valence-corrected chi connectivity index (χ3v) is 6.28. The highest BCUT2D eigenvalue weighted by Crippen LogP contribution is 2.36. The van der Waals surface area contributed by atoms with E-state index in [2.05, 4.69) is 10.2 Å². The second-order valence-electron chi connectivity index (χ2n) is 10.9. The van der Waals surface area contributed by atoms with E-state index in [1.54, 1.807) is 43.0 Å². The fourth-order valence-corrected chi connectivity index (χ4v) is 4.40. The van der Waals surface area contributed by atoms with Crippen LogP contribution in [0.4, 0.5) is 16.4 Å². The topological polar surface area (TPSA) is 126 Å². The van der Waals surface area contributed by atoms with E-state index in [1.807, 2.05) is 27.7 Å². The molecule has 0 aliphatic carbocycles. The highest BCUT2D eigenvalue weighted by molar-refractivity contribution is 6.02. The molecule has 38 heavy (non-hydrogen) atoms. The quantitative estimate of drug-likeness (QED) is 0.582. The average molecular weight is 528 g/mol. The lowest BCUT2D eigenvalue weighted by molar-refractivity contribution is 0.0107. The van der Waals surface area contributed by atoms with Crippen LogP contribution in [-0.4, -0.2) is 88.7 Å². The van der Waals surface area contributed by atoms with Crippen molar-refractivity contribution in [2.75, 3.05) is 49.7 Å². The van der Waals surface area contributed by atoms with Gasteiger partial charge in [0.25, 0.3) is 5.91 Å². The van der Waals surface area contributed by atoms with E-state index in [1.165, 1.54) is 0 Å². The van der Waals surface area contributed by atoms with Gasteiger partial charge in [-0.05, 0) is 53.7 Å². The second-order valence-corrected chi connectivity index (χ2v) is 10.9. The maximum Gasteiger partial charge on any atom is 0.411 e. The van der Waals surface area contributed by atoms with Gasteiger partial charge in [-0.2, -0.15) is 4.98 Å². The van der Waals surface area contributed by atoms with Gasteiger partial charge < -0.3 is 29.1 Å². The normalized spacial score (nSPS) is 19.3. The number of amides is 2. The summed E-state index contributed by atoms with van der Waals surface area (Å²) >= 11 is 0. The number of nitrogens with zero attached hydrogens (tertiary/aromatic N) is 4. The van der Waals surface area contributed by atoms with Gasteiger partial charge in [0.05, 0.1) is 37.1 Å². The number of fused-ring (bicyclic) bond motifs is 1. The molecule has 1 fully saturated rings. The van der Waals surface area contributed by atoms with Crippen molar-refractivity contribution in [2.24, 2.45) is 0 Å². The monoisotopic (exact) mass is 527 g/mol. The molecule has 0 radical (unpaired) electrons. The molecule has 206 valence electrons.